The minimum Gasteiger partial charge on any atom is -0.392 e. The van der Waals surface area contributed by atoms with E-state index in [0.29, 0.717) is 12.0 Å². The summed E-state index contributed by atoms with van der Waals surface area (Å²) >= 11 is 3.36. The molecule has 0 amide bonds. The van der Waals surface area contributed by atoms with Crippen molar-refractivity contribution in [1.29, 1.82) is 0 Å². The highest BCUT2D eigenvalue weighted by Gasteiger charge is 2.25. The van der Waals surface area contributed by atoms with Crippen molar-refractivity contribution in [2.75, 3.05) is 0 Å². The average Bonchev–Trinajstić information content (AvgIpc) is 2.50. The van der Waals surface area contributed by atoms with Crippen LogP contribution >= 0.6 is 15.9 Å². The molecule has 2 aromatic carbocycles. The van der Waals surface area contributed by atoms with E-state index in [1.54, 1.807) is 12.1 Å². The molecule has 3 rings (SSSR count). The van der Waals surface area contributed by atoms with Gasteiger partial charge in [0.25, 0.3) is 0 Å². The molecule has 0 aromatic heterocycles. The van der Waals surface area contributed by atoms with Crippen molar-refractivity contribution >= 4 is 15.9 Å². The maximum Gasteiger partial charge on any atom is 0.126 e. The van der Waals surface area contributed by atoms with Crippen molar-refractivity contribution in [3.8, 4) is 0 Å². The zero-order valence-corrected chi connectivity index (χ0v) is 13.3. The van der Waals surface area contributed by atoms with Gasteiger partial charge in [-0.1, -0.05) is 40.2 Å². The maximum atomic E-state index is 13.8. The first-order valence-electron chi connectivity index (χ1n) is 7.32. The molecule has 0 aliphatic heterocycles. The van der Waals surface area contributed by atoms with Crippen LogP contribution in [0.5, 0.6) is 0 Å². The van der Waals surface area contributed by atoms with E-state index in [0.717, 1.165) is 23.7 Å². The normalized spacial score (nSPS) is 19.1. The highest BCUT2D eigenvalue weighted by molar-refractivity contribution is 9.10. The number of aliphatic hydroxyl groups is 1. The number of fused-ring (bicyclic) bond motifs is 1. The summed E-state index contributed by atoms with van der Waals surface area (Å²) in [7, 11) is 0. The van der Waals surface area contributed by atoms with Crippen molar-refractivity contribution in [2.45, 2.75) is 31.8 Å². The molecular weight excluding hydrogens is 331 g/mol. The third-order valence-corrected chi connectivity index (χ3v) is 4.86. The predicted octanol–water partition coefficient (Wildman–Crippen LogP) is 4.30. The van der Waals surface area contributed by atoms with Crippen LogP contribution in [0.15, 0.2) is 46.9 Å². The molecule has 0 saturated heterocycles. The van der Waals surface area contributed by atoms with Crippen LogP contribution < -0.4 is 0 Å². The molecule has 0 bridgehead atoms. The SMILES string of the molecule is OC(Cc1cc(Br)ccc1F)C1CCc2ccccc2C1. The van der Waals surface area contributed by atoms with Crippen LogP contribution in [0.25, 0.3) is 0 Å². The summed E-state index contributed by atoms with van der Waals surface area (Å²) in [5.74, 6) is -0.0354. The van der Waals surface area contributed by atoms with E-state index in [1.807, 2.05) is 6.07 Å². The second-order valence-corrected chi connectivity index (χ2v) is 6.69. The van der Waals surface area contributed by atoms with Crippen LogP contribution in [-0.2, 0) is 19.3 Å². The number of rotatable bonds is 3. The molecule has 0 saturated carbocycles. The second kappa shape index (κ2) is 6.29. The number of aryl methyl sites for hydroxylation is 1. The second-order valence-electron chi connectivity index (χ2n) is 5.78. The minimum atomic E-state index is -0.498. The van der Waals surface area contributed by atoms with Crippen molar-refractivity contribution in [2.24, 2.45) is 5.92 Å². The number of hydrogen-bond donors (Lipinski definition) is 1. The minimum absolute atomic E-state index is 0.207. The average molecular weight is 349 g/mol. The van der Waals surface area contributed by atoms with Crippen LogP contribution in [-0.4, -0.2) is 11.2 Å². The zero-order chi connectivity index (χ0) is 14.8. The van der Waals surface area contributed by atoms with Crippen molar-refractivity contribution in [3.05, 3.63) is 69.4 Å². The van der Waals surface area contributed by atoms with E-state index < -0.39 is 6.10 Å². The lowest BCUT2D eigenvalue weighted by molar-refractivity contribution is 0.0984. The molecule has 2 unspecified atom stereocenters. The van der Waals surface area contributed by atoms with Gasteiger partial charge >= 0.3 is 0 Å². The lowest BCUT2D eigenvalue weighted by atomic mass is 9.79. The van der Waals surface area contributed by atoms with Gasteiger partial charge in [-0.25, -0.2) is 4.39 Å². The third-order valence-electron chi connectivity index (χ3n) is 4.37. The fraction of sp³-hybridized carbons (Fsp3) is 0.333. The standard InChI is InChI=1S/C18H18BrFO/c19-16-7-8-17(20)15(10-16)11-18(21)14-6-5-12-3-1-2-4-13(12)9-14/h1-4,7-8,10,14,18,21H,5-6,9,11H2. The number of hydrogen-bond acceptors (Lipinski definition) is 1. The molecule has 0 spiro atoms. The van der Waals surface area contributed by atoms with Gasteiger partial charge in [0.05, 0.1) is 6.10 Å². The molecule has 0 fully saturated rings. The summed E-state index contributed by atoms with van der Waals surface area (Å²) in [5.41, 5.74) is 3.29. The van der Waals surface area contributed by atoms with Crippen LogP contribution in [0.4, 0.5) is 4.39 Å². The van der Waals surface area contributed by atoms with Crippen molar-refractivity contribution < 1.29 is 9.50 Å². The molecule has 1 N–H and O–H groups in total. The summed E-state index contributed by atoms with van der Waals surface area (Å²) in [6, 6.07) is 13.3. The van der Waals surface area contributed by atoms with E-state index in [2.05, 4.69) is 34.1 Å². The number of benzene rings is 2. The Morgan fingerprint density at radius 1 is 1.19 bits per heavy atom. The van der Waals surface area contributed by atoms with Crippen LogP contribution in [0.3, 0.4) is 0 Å². The van der Waals surface area contributed by atoms with Crippen LogP contribution in [0.2, 0.25) is 0 Å². The topological polar surface area (TPSA) is 20.2 Å². The zero-order valence-electron chi connectivity index (χ0n) is 11.7. The molecule has 1 aliphatic carbocycles. The number of aliphatic hydroxyl groups excluding tert-OH is 1. The summed E-state index contributed by atoms with van der Waals surface area (Å²) in [6.45, 7) is 0. The van der Waals surface area contributed by atoms with Crippen LogP contribution in [0.1, 0.15) is 23.1 Å². The third kappa shape index (κ3) is 3.35. The first-order valence-corrected chi connectivity index (χ1v) is 8.11. The summed E-state index contributed by atoms with van der Waals surface area (Å²) in [5, 5.41) is 10.5. The van der Waals surface area contributed by atoms with Gasteiger partial charge in [0.15, 0.2) is 0 Å². The van der Waals surface area contributed by atoms with E-state index in [4.69, 9.17) is 0 Å². The molecule has 1 aliphatic rings. The Hall–Kier alpha value is -1.19. The lowest BCUT2D eigenvalue weighted by Crippen LogP contribution is -2.28. The highest BCUT2D eigenvalue weighted by Crippen LogP contribution is 2.29. The number of halogens is 2. The highest BCUT2D eigenvalue weighted by atomic mass is 79.9. The molecular formula is C18H18BrFO. The molecule has 2 atom stereocenters. The summed E-state index contributed by atoms with van der Waals surface area (Å²) in [6.07, 6.45) is 2.72. The monoisotopic (exact) mass is 348 g/mol. The molecule has 3 heteroatoms. The van der Waals surface area contributed by atoms with Crippen molar-refractivity contribution in [3.63, 3.8) is 0 Å². The Balaban J connectivity index is 1.72. The van der Waals surface area contributed by atoms with Gasteiger partial charge < -0.3 is 5.11 Å². The first-order chi connectivity index (χ1) is 10.1. The van der Waals surface area contributed by atoms with Gasteiger partial charge in [-0.2, -0.15) is 0 Å². The predicted molar refractivity (Wildman–Crippen MR) is 85.8 cm³/mol. The molecule has 1 nitrogen and oxygen atoms in total. The van der Waals surface area contributed by atoms with Gasteiger partial charge in [-0.05, 0) is 60.1 Å². The Kier molecular flexibility index (Phi) is 4.41. The Bertz CT molecular complexity index is 641. The maximum absolute atomic E-state index is 13.8. The lowest BCUT2D eigenvalue weighted by Gasteiger charge is -2.28. The van der Waals surface area contributed by atoms with E-state index in [9.17, 15) is 9.50 Å². The van der Waals surface area contributed by atoms with E-state index >= 15 is 0 Å². The molecule has 0 heterocycles. The summed E-state index contributed by atoms with van der Waals surface area (Å²) < 4.78 is 14.7. The van der Waals surface area contributed by atoms with Gasteiger partial charge in [0.1, 0.15) is 5.82 Å². The van der Waals surface area contributed by atoms with Gasteiger partial charge in [-0.15, -0.1) is 0 Å². The fourth-order valence-electron chi connectivity index (χ4n) is 3.15. The van der Waals surface area contributed by atoms with Gasteiger partial charge in [0, 0.05) is 10.9 Å². The van der Waals surface area contributed by atoms with E-state index in [1.165, 1.54) is 17.2 Å². The quantitative estimate of drug-likeness (QED) is 0.876. The Labute approximate surface area is 132 Å². The van der Waals surface area contributed by atoms with Crippen LogP contribution in [0, 0.1) is 11.7 Å². The van der Waals surface area contributed by atoms with Gasteiger partial charge in [0.2, 0.25) is 0 Å². The molecule has 21 heavy (non-hydrogen) atoms. The largest absolute Gasteiger partial charge is 0.392 e. The van der Waals surface area contributed by atoms with E-state index in [-0.39, 0.29) is 11.7 Å². The molecule has 2 aromatic rings. The smallest absolute Gasteiger partial charge is 0.126 e. The molecule has 110 valence electrons. The van der Waals surface area contributed by atoms with Crippen molar-refractivity contribution in [1.82, 2.24) is 0 Å². The Morgan fingerprint density at radius 2 is 1.95 bits per heavy atom. The van der Waals surface area contributed by atoms with Gasteiger partial charge in [-0.3, -0.25) is 0 Å². The molecule has 0 radical (unpaired) electrons. The fourth-order valence-corrected chi connectivity index (χ4v) is 3.55. The first kappa shape index (κ1) is 14.7. The Morgan fingerprint density at radius 3 is 2.76 bits per heavy atom. The summed E-state index contributed by atoms with van der Waals surface area (Å²) in [4.78, 5) is 0.